The van der Waals surface area contributed by atoms with E-state index in [1.807, 2.05) is 0 Å². The average Bonchev–Trinajstić information content (AvgIpc) is 2.72. The van der Waals surface area contributed by atoms with Crippen molar-refractivity contribution in [1.82, 2.24) is 5.32 Å². The number of aliphatic imine (C=N–C) groups is 1. The maximum atomic E-state index is 4.41. The van der Waals surface area contributed by atoms with Crippen LogP contribution in [0.3, 0.4) is 0 Å². The topological polar surface area (TPSA) is 24.4 Å². The molecule has 0 saturated carbocycles. The van der Waals surface area contributed by atoms with Gasteiger partial charge in [-0.25, -0.2) is 0 Å². The van der Waals surface area contributed by atoms with E-state index in [2.05, 4.69) is 47.6 Å². The van der Waals surface area contributed by atoms with Crippen LogP contribution in [0, 0.1) is 0 Å². The normalized spacial score (nSPS) is 17.4. The molecule has 0 fully saturated rings. The zero-order chi connectivity index (χ0) is 9.80. The number of hydrogen-bond donors (Lipinski definition) is 1. The number of nitrogens with one attached hydrogen (secondary N) is 1. The first-order chi connectivity index (χ1) is 6.86. The highest BCUT2D eigenvalue weighted by Crippen LogP contribution is 2.18. The predicted molar refractivity (Wildman–Crippen MR) is 59.8 cm³/mol. The van der Waals surface area contributed by atoms with Crippen LogP contribution >= 0.6 is 0 Å². The second-order valence-corrected chi connectivity index (χ2v) is 3.77. The number of amidine groups is 1. The molecule has 74 valence electrons. The van der Waals surface area contributed by atoms with Gasteiger partial charge in [-0.2, -0.15) is 0 Å². The highest BCUT2D eigenvalue weighted by atomic mass is 15.1. The molecular weight excluding hydrogens is 172 g/mol. The summed E-state index contributed by atoms with van der Waals surface area (Å²) in [6.45, 7) is 4.20. The fraction of sp³-hybridized carbons (Fsp3) is 0.417. The van der Waals surface area contributed by atoms with E-state index in [1.54, 1.807) is 0 Å². The molecule has 1 heterocycles. The van der Waals surface area contributed by atoms with Crippen molar-refractivity contribution >= 4 is 5.84 Å². The Bertz CT molecular complexity index is 316. The molecule has 2 nitrogen and oxygen atoms in total. The number of rotatable bonds is 3. The van der Waals surface area contributed by atoms with E-state index in [9.17, 15) is 0 Å². The van der Waals surface area contributed by atoms with Gasteiger partial charge in [0.05, 0.1) is 12.4 Å². The van der Waals surface area contributed by atoms with Crippen LogP contribution in [0.2, 0.25) is 0 Å². The minimum absolute atomic E-state index is 0.556. The van der Waals surface area contributed by atoms with Crippen molar-refractivity contribution in [1.29, 1.82) is 0 Å². The second-order valence-electron chi connectivity index (χ2n) is 3.77. The summed E-state index contributed by atoms with van der Waals surface area (Å²) in [5.41, 5.74) is 1.39. The highest BCUT2D eigenvalue weighted by molar-refractivity contribution is 5.84. The Morgan fingerprint density at radius 2 is 2.14 bits per heavy atom. The van der Waals surface area contributed by atoms with Gasteiger partial charge in [0, 0.05) is 13.0 Å². The Morgan fingerprint density at radius 1 is 1.36 bits per heavy atom. The summed E-state index contributed by atoms with van der Waals surface area (Å²) >= 11 is 0. The van der Waals surface area contributed by atoms with Gasteiger partial charge in [-0.15, -0.1) is 0 Å². The molecule has 1 atom stereocenters. The molecule has 2 heteroatoms. The summed E-state index contributed by atoms with van der Waals surface area (Å²) in [6, 6.07) is 10.6. The molecule has 1 aromatic rings. The third kappa shape index (κ3) is 2.13. The lowest BCUT2D eigenvalue weighted by molar-refractivity contribution is 0.789. The molecule has 0 bridgehead atoms. The molecule has 14 heavy (non-hydrogen) atoms. The molecule has 0 saturated heterocycles. The minimum Gasteiger partial charge on any atom is -0.372 e. The standard InChI is InChI=1S/C12H16N2/c1-10(9-12-13-7-8-14-12)11-5-3-2-4-6-11/h2-6,10H,7-9H2,1H3,(H,13,14)/t10-/m0/s1. The number of benzene rings is 1. The molecule has 1 N–H and O–H groups in total. The molecule has 2 rings (SSSR count). The first-order valence-corrected chi connectivity index (χ1v) is 5.18. The van der Waals surface area contributed by atoms with Crippen LogP contribution in [0.1, 0.15) is 24.8 Å². The average molecular weight is 188 g/mol. The van der Waals surface area contributed by atoms with Crippen molar-refractivity contribution in [3.05, 3.63) is 35.9 Å². The molecule has 1 aliphatic rings. The first-order valence-electron chi connectivity index (χ1n) is 5.18. The quantitative estimate of drug-likeness (QED) is 0.772. The molecule has 0 amide bonds. The summed E-state index contributed by atoms with van der Waals surface area (Å²) in [5.74, 6) is 1.72. The van der Waals surface area contributed by atoms with Crippen LogP contribution in [0.4, 0.5) is 0 Å². The fourth-order valence-corrected chi connectivity index (χ4v) is 1.77. The van der Waals surface area contributed by atoms with Crippen molar-refractivity contribution < 1.29 is 0 Å². The summed E-state index contributed by atoms with van der Waals surface area (Å²) in [5, 5.41) is 3.31. The maximum absolute atomic E-state index is 4.41. The number of hydrogen-bond acceptors (Lipinski definition) is 2. The Kier molecular flexibility index (Phi) is 2.82. The van der Waals surface area contributed by atoms with E-state index >= 15 is 0 Å². The van der Waals surface area contributed by atoms with Crippen molar-refractivity contribution in [3.8, 4) is 0 Å². The lowest BCUT2D eigenvalue weighted by atomic mass is 9.97. The molecule has 0 spiro atoms. The molecule has 0 aliphatic carbocycles. The fourth-order valence-electron chi connectivity index (χ4n) is 1.77. The van der Waals surface area contributed by atoms with Crippen molar-refractivity contribution in [2.24, 2.45) is 4.99 Å². The van der Waals surface area contributed by atoms with Crippen LogP contribution in [0.25, 0.3) is 0 Å². The zero-order valence-corrected chi connectivity index (χ0v) is 8.53. The van der Waals surface area contributed by atoms with Crippen LogP contribution in [0.5, 0.6) is 0 Å². The minimum atomic E-state index is 0.556. The third-order valence-corrected chi connectivity index (χ3v) is 2.61. The van der Waals surface area contributed by atoms with Crippen LogP contribution in [-0.4, -0.2) is 18.9 Å². The maximum Gasteiger partial charge on any atom is 0.0970 e. The van der Waals surface area contributed by atoms with E-state index in [0.717, 1.165) is 19.5 Å². The Hall–Kier alpha value is -1.31. The van der Waals surface area contributed by atoms with Gasteiger partial charge in [-0.3, -0.25) is 4.99 Å². The van der Waals surface area contributed by atoms with Gasteiger partial charge in [-0.05, 0) is 11.5 Å². The van der Waals surface area contributed by atoms with Crippen LogP contribution in [-0.2, 0) is 0 Å². The molecule has 0 unspecified atom stereocenters. The SMILES string of the molecule is C[C@@H](CC1=NCCN1)c1ccccc1. The van der Waals surface area contributed by atoms with E-state index < -0.39 is 0 Å². The molecule has 1 aliphatic heterocycles. The smallest absolute Gasteiger partial charge is 0.0970 e. The van der Waals surface area contributed by atoms with Gasteiger partial charge < -0.3 is 5.32 Å². The van der Waals surface area contributed by atoms with Gasteiger partial charge >= 0.3 is 0 Å². The van der Waals surface area contributed by atoms with E-state index in [-0.39, 0.29) is 0 Å². The van der Waals surface area contributed by atoms with E-state index in [4.69, 9.17) is 0 Å². The van der Waals surface area contributed by atoms with Crippen molar-refractivity contribution in [2.45, 2.75) is 19.3 Å². The zero-order valence-electron chi connectivity index (χ0n) is 8.53. The Morgan fingerprint density at radius 3 is 2.79 bits per heavy atom. The summed E-state index contributed by atoms with van der Waals surface area (Å²) in [6.07, 6.45) is 1.03. The summed E-state index contributed by atoms with van der Waals surface area (Å²) in [4.78, 5) is 4.41. The first kappa shape index (κ1) is 9.25. The highest BCUT2D eigenvalue weighted by Gasteiger charge is 2.11. The molecule has 1 aromatic carbocycles. The predicted octanol–water partition coefficient (Wildman–Crippen LogP) is 2.18. The van der Waals surface area contributed by atoms with Gasteiger partial charge in [-0.1, -0.05) is 37.3 Å². The molecule has 0 radical (unpaired) electrons. The van der Waals surface area contributed by atoms with E-state index in [1.165, 1.54) is 11.4 Å². The lowest BCUT2D eigenvalue weighted by Gasteiger charge is -2.11. The van der Waals surface area contributed by atoms with Gasteiger partial charge in [0.1, 0.15) is 0 Å². The summed E-state index contributed by atoms with van der Waals surface area (Å²) < 4.78 is 0. The number of nitrogens with zero attached hydrogens (tertiary/aromatic N) is 1. The monoisotopic (exact) mass is 188 g/mol. The lowest BCUT2D eigenvalue weighted by Crippen LogP contribution is -2.20. The Labute approximate surface area is 85.1 Å². The third-order valence-electron chi connectivity index (χ3n) is 2.61. The largest absolute Gasteiger partial charge is 0.372 e. The molecular formula is C12H16N2. The summed E-state index contributed by atoms with van der Waals surface area (Å²) in [7, 11) is 0. The van der Waals surface area contributed by atoms with Crippen molar-refractivity contribution in [2.75, 3.05) is 13.1 Å². The Balaban J connectivity index is 1.99. The van der Waals surface area contributed by atoms with Gasteiger partial charge in [0.2, 0.25) is 0 Å². The van der Waals surface area contributed by atoms with Crippen LogP contribution in [0.15, 0.2) is 35.3 Å². The van der Waals surface area contributed by atoms with Crippen molar-refractivity contribution in [3.63, 3.8) is 0 Å². The van der Waals surface area contributed by atoms with E-state index in [0.29, 0.717) is 5.92 Å². The molecule has 0 aromatic heterocycles. The van der Waals surface area contributed by atoms with Crippen LogP contribution < -0.4 is 5.32 Å². The second kappa shape index (κ2) is 4.27. The van der Waals surface area contributed by atoms with Gasteiger partial charge in [0.25, 0.3) is 0 Å². The van der Waals surface area contributed by atoms with Gasteiger partial charge in [0.15, 0.2) is 0 Å².